The summed E-state index contributed by atoms with van der Waals surface area (Å²) >= 11 is 0. The van der Waals surface area contributed by atoms with Crippen LogP contribution in [0.1, 0.15) is 5.56 Å². The summed E-state index contributed by atoms with van der Waals surface area (Å²) in [6, 6.07) is 12.2. The largest absolute Gasteiger partial charge is 0.494 e. The number of nitrogens with zero attached hydrogens (tertiary/aromatic N) is 1. The van der Waals surface area contributed by atoms with Crippen molar-refractivity contribution >= 4 is 23.4 Å². The highest BCUT2D eigenvalue weighted by Crippen LogP contribution is 2.26. The van der Waals surface area contributed by atoms with Crippen molar-refractivity contribution in [2.24, 2.45) is 0 Å². The maximum absolute atomic E-state index is 13.7. The van der Waals surface area contributed by atoms with Crippen LogP contribution in [0.3, 0.4) is 0 Å². The summed E-state index contributed by atoms with van der Waals surface area (Å²) in [5.74, 6) is -0.569. The van der Waals surface area contributed by atoms with Gasteiger partial charge in [-0.2, -0.15) is 0 Å². The van der Waals surface area contributed by atoms with E-state index in [9.17, 15) is 9.18 Å². The Morgan fingerprint density at radius 3 is 2.73 bits per heavy atom. The predicted octanol–water partition coefficient (Wildman–Crippen LogP) is 3.32. The van der Waals surface area contributed by atoms with Gasteiger partial charge in [0.2, 0.25) is 5.91 Å². The van der Waals surface area contributed by atoms with Crippen molar-refractivity contribution in [2.75, 3.05) is 43.6 Å². The molecular formula is C20H21FN2O3. The lowest BCUT2D eigenvalue weighted by atomic mass is 10.2. The molecule has 0 aromatic heterocycles. The van der Waals surface area contributed by atoms with Gasteiger partial charge in [0.25, 0.3) is 0 Å². The molecule has 2 aromatic carbocycles. The van der Waals surface area contributed by atoms with E-state index in [-0.39, 0.29) is 11.7 Å². The molecule has 1 heterocycles. The molecule has 1 N–H and O–H groups in total. The zero-order valence-electron chi connectivity index (χ0n) is 14.6. The number of carbonyl (C=O) groups excluding carboxylic acids is 1. The van der Waals surface area contributed by atoms with Gasteiger partial charge in [-0.3, -0.25) is 4.79 Å². The minimum Gasteiger partial charge on any atom is -0.494 e. The summed E-state index contributed by atoms with van der Waals surface area (Å²) < 4.78 is 24.0. The Morgan fingerprint density at radius 2 is 2.00 bits per heavy atom. The molecule has 0 atom stereocenters. The van der Waals surface area contributed by atoms with Crippen LogP contribution in [-0.2, 0) is 9.53 Å². The number of methoxy groups -OCH3 is 1. The third-order valence-electron chi connectivity index (χ3n) is 4.12. The third-order valence-corrected chi connectivity index (χ3v) is 4.12. The smallest absolute Gasteiger partial charge is 0.248 e. The number of rotatable bonds is 5. The van der Waals surface area contributed by atoms with Crippen molar-refractivity contribution < 1.29 is 18.7 Å². The van der Waals surface area contributed by atoms with E-state index in [2.05, 4.69) is 10.2 Å². The molecule has 3 rings (SSSR count). The van der Waals surface area contributed by atoms with Crippen molar-refractivity contribution in [1.29, 1.82) is 0 Å². The Kier molecular flexibility index (Phi) is 5.86. The van der Waals surface area contributed by atoms with Crippen LogP contribution in [0.25, 0.3) is 6.08 Å². The van der Waals surface area contributed by atoms with E-state index in [1.54, 1.807) is 12.1 Å². The van der Waals surface area contributed by atoms with E-state index in [0.717, 1.165) is 24.5 Å². The van der Waals surface area contributed by atoms with Crippen molar-refractivity contribution in [2.45, 2.75) is 0 Å². The number of hydrogen-bond donors (Lipinski definition) is 1. The normalized spacial score (nSPS) is 14.5. The Hall–Kier alpha value is -2.86. The zero-order valence-corrected chi connectivity index (χ0v) is 14.6. The van der Waals surface area contributed by atoms with Crippen molar-refractivity contribution in [3.05, 3.63) is 59.9 Å². The number of morpholine rings is 1. The molecule has 0 bridgehead atoms. The number of hydrogen-bond acceptors (Lipinski definition) is 4. The highest BCUT2D eigenvalue weighted by molar-refractivity contribution is 6.03. The van der Waals surface area contributed by atoms with Gasteiger partial charge < -0.3 is 19.7 Å². The molecule has 0 saturated carbocycles. The monoisotopic (exact) mass is 356 g/mol. The molecule has 1 aliphatic rings. The summed E-state index contributed by atoms with van der Waals surface area (Å²) in [5.41, 5.74) is 2.29. The Labute approximate surface area is 152 Å². The van der Waals surface area contributed by atoms with Gasteiger partial charge >= 0.3 is 0 Å². The second kappa shape index (κ2) is 8.49. The molecule has 2 aromatic rings. The fraction of sp³-hybridized carbons (Fsp3) is 0.250. The Morgan fingerprint density at radius 1 is 1.23 bits per heavy atom. The molecule has 0 radical (unpaired) electrons. The molecule has 1 amide bonds. The second-order valence-electron chi connectivity index (χ2n) is 5.83. The average molecular weight is 356 g/mol. The van der Waals surface area contributed by atoms with Crippen molar-refractivity contribution in [3.8, 4) is 5.75 Å². The second-order valence-corrected chi connectivity index (χ2v) is 5.83. The van der Waals surface area contributed by atoms with Gasteiger partial charge in [-0.1, -0.05) is 18.2 Å². The van der Waals surface area contributed by atoms with Crippen LogP contribution in [0.4, 0.5) is 15.8 Å². The molecule has 1 aliphatic heterocycles. The molecule has 6 heteroatoms. The molecule has 0 aliphatic carbocycles. The molecule has 0 spiro atoms. The third kappa shape index (κ3) is 4.40. The van der Waals surface area contributed by atoms with Gasteiger partial charge in [-0.25, -0.2) is 4.39 Å². The fourth-order valence-corrected chi connectivity index (χ4v) is 2.79. The van der Waals surface area contributed by atoms with Crippen molar-refractivity contribution in [3.63, 3.8) is 0 Å². The number of nitrogens with one attached hydrogen (secondary N) is 1. The number of halogens is 1. The molecular weight excluding hydrogens is 335 g/mol. The standard InChI is InChI=1S/C20H21FN2O3/c1-25-19-8-6-15(14-16(19)21)7-9-20(24)22-17-4-2-3-5-18(17)23-10-12-26-13-11-23/h2-9,14H,10-13H2,1H3,(H,22,24)/b9-7+. The first-order chi connectivity index (χ1) is 12.7. The maximum atomic E-state index is 13.7. The molecule has 0 unspecified atom stereocenters. The number of anilines is 2. The molecule has 26 heavy (non-hydrogen) atoms. The Balaban J connectivity index is 1.69. The first kappa shape index (κ1) is 17.9. The number of para-hydroxylation sites is 2. The van der Waals surface area contributed by atoms with Gasteiger partial charge in [0.15, 0.2) is 11.6 Å². The predicted molar refractivity (Wildman–Crippen MR) is 100 cm³/mol. The lowest BCUT2D eigenvalue weighted by Crippen LogP contribution is -2.36. The minimum atomic E-state index is -0.465. The van der Waals surface area contributed by atoms with Crippen LogP contribution in [0.5, 0.6) is 5.75 Å². The van der Waals surface area contributed by atoms with Gasteiger partial charge in [0.1, 0.15) is 0 Å². The van der Waals surface area contributed by atoms with Gasteiger partial charge in [0, 0.05) is 19.2 Å². The Bertz CT molecular complexity index is 801. The van der Waals surface area contributed by atoms with Crippen LogP contribution >= 0.6 is 0 Å². The fourth-order valence-electron chi connectivity index (χ4n) is 2.79. The van der Waals surface area contributed by atoms with E-state index < -0.39 is 5.82 Å². The van der Waals surface area contributed by atoms with Gasteiger partial charge in [-0.15, -0.1) is 0 Å². The van der Waals surface area contributed by atoms with Crippen LogP contribution in [0.2, 0.25) is 0 Å². The van der Waals surface area contributed by atoms with Crippen LogP contribution in [-0.4, -0.2) is 39.3 Å². The average Bonchev–Trinajstić information content (AvgIpc) is 2.67. The lowest BCUT2D eigenvalue weighted by Gasteiger charge is -2.30. The number of ether oxygens (including phenoxy) is 2. The highest BCUT2D eigenvalue weighted by atomic mass is 19.1. The van der Waals surface area contributed by atoms with Gasteiger partial charge in [-0.05, 0) is 35.9 Å². The number of benzene rings is 2. The quantitative estimate of drug-likeness (QED) is 0.835. The minimum absolute atomic E-state index is 0.172. The summed E-state index contributed by atoms with van der Waals surface area (Å²) in [6.07, 6.45) is 2.95. The van der Waals surface area contributed by atoms with Gasteiger partial charge in [0.05, 0.1) is 31.7 Å². The van der Waals surface area contributed by atoms with Crippen LogP contribution in [0, 0.1) is 5.82 Å². The number of carbonyl (C=O) groups is 1. The molecule has 5 nitrogen and oxygen atoms in total. The van der Waals surface area contributed by atoms with E-state index in [1.807, 2.05) is 24.3 Å². The maximum Gasteiger partial charge on any atom is 0.248 e. The van der Waals surface area contributed by atoms with E-state index in [4.69, 9.17) is 9.47 Å². The van der Waals surface area contributed by atoms with Crippen LogP contribution in [0.15, 0.2) is 48.5 Å². The highest BCUT2D eigenvalue weighted by Gasteiger charge is 2.15. The molecule has 136 valence electrons. The topological polar surface area (TPSA) is 50.8 Å². The summed E-state index contributed by atoms with van der Waals surface area (Å²) in [5, 5.41) is 2.89. The first-order valence-electron chi connectivity index (χ1n) is 8.41. The summed E-state index contributed by atoms with van der Waals surface area (Å²) in [7, 11) is 1.41. The van der Waals surface area contributed by atoms with Crippen LogP contribution < -0.4 is 15.0 Å². The van der Waals surface area contributed by atoms with E-state index in [0.29, 0.717) is 18.8 Å². The number of amides is 1. The zero-order chi connectivity index (χ0) is 18.4. The lowest BCUT2D eigenvalue weighted by molar-refractivity contribution is -0.111. The SMILES string of the molecule is COc1ccc(/C=C/C(=O)Nc2ccccc2N2CCOCC2)cc1F. The molecule has 1 saturated heterocycles. The van der Waals surface area contributed by atoms with E-state index >= 15 is 0 Å². The summed E-state index contributed by atoms with van der Waals surface area (Å²) in [4.78, 5) is 14.5. The van der Waals surface area contributed by atoms with Crippen molar-refractivity contribution in [1.82, 2.24) is 0 Å². The summed E-state index contributed by atoms with van der Waals surface area (Å²) in [6.45, 7) is 2.91. The molecule has 1 fully saturated rings. The van der Waals surface area contributed by atoms with E-state index in [1.165, 1.54) is 25.3 Å². The first-order valence-corrected chi connectivity index (χ1v) is 8.41.